The Morgan fingerprint density at radius 2 is 1.77 bits per heavy atom. The zero-order valence-corrected chi connectivity index (χ0v) is 14.6. The monoisotopic (exact) mass is 402 g/mol. The summed E-state index contributed by atoms with van der Waals surface area (Å²) < 4.78 is 25.8. The molecule has 0 radical (unpaired) electrons. The van der Waals surface area contributed by atoms with Crippen LogP contribution in [0.4, 0.5) is 11.4 Å². The van der Waals surface area contributed by atoms with Gasteiger partial charge in [-0.05, 0) is 30.3 Å². The summed E-state index contributed by atoms with van der Waals surface area (Å²) in [5.41, 5.74) is 0.906. The summed E-state index contributed by atoms with van der Waals surface area (Å²) in [6, 6.07) is 11.4. The number of hydrogen-bond acceptors (Lipinski definition) is 3. The standard InChI is InChI=1S/C14H12BrClN2O3S/c1-22(20,21)18-13-5-3-2-4-12(13)17-14(19)10-8-9(15)6-7-11(10)16/h2-8,18H,1H3,(H,17,19). The van der Waals surface area contributed by atoms with Gasteiger partial charge in [0.05, 0.1) is 28.2 Å². The summed E-state index contributed by atoms with van der Waals surface area (Å²) >= 11 is 9.28. The lowest BCUT2D eigenvalue weighted by Crippen LogP contribution is -2.16. The number of rotatable bonds is 4. The summed E-state index contributed by atoms with van der Waals surface area (Å²) in [7, 11) is -3.45. The Balaban J connectivity index is 2.31. The molecule has 8 heteroatoms. The normalized spacial score (nSPS) is 11.0. The largest absolute Gasteiger partial charge is 0.320 e. The first-order chi connectivity index (χ1) is 10.3. The molecule has 2 rings (SSSR count). The first-order valence-electron chi connectivity index (χ1n) is 6.09. The zero-order valence-electron chi connectivity index (χ0n) is 11.4. The third-order valence-corrected chi connectivity index (χ3v) is 4.06. The number of carbonyl (C=O) groups is 1. The van der Waals surface area contributed by atoms with E-state index in [0.29, 0.717) is 15.2 Å². The minimum atomic E-state index is -3.45. The molecule has 0 heterocycles. The Morgan fingerprint density at radius 1 is 1.14 bits per heavy atom. The van der Waals surface area contributed by atoms with Crippen LogP contribution in [0.1, 0.15) is 10.4 Å². The number of hydrogen-bond donors (Lipinski definition) is 2. The molecular formula is C14H12BrClN2O3S. The number of halogens is 2. The molecule has 2 N–H and O–H groups in total. The van der Waals surface area contributed by atoms with Crippen LogP contribution in [-0.4, -0.2) is 20.6 Å². The lowest BCUT2D eigenvalue weighted by Gasteiger charge is -2.12. The van der Waals surface area contributed by atoms with Crippen LogP contribution in [0, 0.1) is 0 Å². The molecule has 0 atom stereocenters. The van der Waals surface area contributed by atoms with E-state index in [9.17, 15) is 13.2 Å². The number of sulfonamides is 1. The summed E-state index contributed by atoms with van der Waals surface area (Å²) in [5, 5.41) is 2.95. The Hall–Kier alpha value is -1.57. The second-order valence-electron chi connectivity index (χ2n) is 4.50. The topological polar surface area (TPSA) is 75.3 Å². The molecule has 0 saturated heterocycles. The zero-order chi connectivity index (χ0) is 16.3. The van der Waals surface area contributed by atoms with E-state index in [1.54, 1.807) is 42.5 Å². The van der Waals surface area contributed by atoms with Gasteiger partial charge in [-0.1, -0.05) is 39.7 Å². The van der Waals surface area contributed by atoms with E-state index in [2.05, 4.69) is 26.0 Å². The number of para-hydroxylation sites is 2. The van der Waals surface area contributed by atoms with Crippen molar-refractivity contribution in [1.29, 1.82) is 0 Å². The molecule has 116 valence electrons. The first kappa shape index (κ1) is 16.8. The molecule has 0 spiro atoms. The smallest absolute Gasteiger partial charge is 0.257 e. The van der Waals surface area contributed by atoms with Crippen LogP contribution >= 0.6 is 27.5 Å². The van der Waals surface area contributed by atoms with E-state index in [1.165, 1.54) is 0 Å². The maximum absolute atomic E-state index is 12.3. The van der Waals surface area contributed by atoms with Crippen molar-refractivity contribution >= 4 is 54.8 Å². The van der Waals surface area contributed by atoms with Gasteiger partial charge in [0.15, 0.2) is 0 Å². The number of amides is 1. The highest BCUT2D eigenvalue weighted by Crippen LogP contribution is 2.25. The van der Waals surface area contributed by atoms with Gasteiger partial charge in [-0.25, -0.2) is 8.42 Å². The molecule has 0 saturated carbocycles. The highest BCUT2D eigenvalue weighted by molar-refractivity contribution is 9.10. The molecule has 0 aliphatic carbocycles. The average molecular weight is 404 g/mol. The van der Waals surface area contributed by atoms with Gasteiger partial charge in [-0.3, -0.25) is 9.52 Å². The minimum absolute atomic E-state index is 0.282. The quantitative estimate of drug-likeness (QED) is 0.817. The van der Waals surface area contributed by atoms with Gasteiger partial charge in [0.2, 0.25) is 10.0 Å². The van der Waals surface area contributed by atoms with Gasteiger partial charge in [-0.2, -0.15) is 0 Å². The van der Waals surface area contributed by atoms with Crippen LogP contribution in [0.25, 0.3) is 0 Å². The van der Waals surface area contributed by atoms with E-state index in [1.807, 2.05) is 0 Å². The third-order valence-electron chi connectivity index (χ3n) is 2.64. The number of nitrogens with one attached hydrogen (secondary N) is 2. The predicted molar refractivity (Wildman–Crippen MR) is 92.0 cm³/mol. The molecular weight excluding hydrogens is 392 g/mol. The summed E-state index contributed by atoms with van der Waals surface area (Å²) in [5.74, 6) is -0.436. The Bertz CT molecular complexity index is 825. The number of benzene rings is 2. The van der Waals surface area contributed by atoms with E-state index in [-0.39, 0.29) is 11.3 Å². The Labute approximate surface area is 141 Å². The lowest BCUT2D eigenvalue weighted by molar-refractivity contribution is 0.102. The fourth-order valence-corrected chi connectivity index (χ4v) is 2.88. The Kier molecular flexibility index (Phi) is 5.10. The molecule has 0 aliphatic heterocycles. The van der Waals surface area contributed by atoms with Crippen molar-refractivity contribution in [2.45, 2.75) is 0 Å². The lowest BCUT2D eigenvalue weighted by atomic mass is 10.2. The van der Waals surface area contributed by atoms with E-state index in [0.717, 1.165) is 6.26 Å². The van der Waals surface area contributed by atoms with Crippen molar-refractivity contribution in [3.8, 4) is 0 Å². The van der Waals surface area contributed by atoms with Crippen LogP contribution in [-0.2, 0) is 10.0 Å². The number of carbonyl (C=O) groups excluding carboxylic acids is 1. The summed E-state index contributed by atoms with van der Waals surface area (Å²) in [6.07, 6.45) is 1.04. The van der Waals surface area contributed by atoms with Gasteiger partial charge in [0, 0.05) is 4.47 Å². The van der Waals surface area contributed by atoms with Gasteiger partial charge >= 0.3 is 0 Å². The molecule has 22 heavy (non-hydrogen) atoms. The fraction of sp³-hybridized carbons (Fsp3) is 0.0714. The van der Waals surface area contributed by atoms with Gasteiger partial charge < -0.3 is 5.32 Å². The molecule has 0 fully saturated rings. The highest BCUT2D eigenvalue weighted by Gasteiger charge is 2.14. The van der Waals surface area contributed by atoms with Crippen molar-refractivity contribution in [2.75, 3.05) is 16.3 Å². The maximum Gasteiger partial charge on any atom is 0.257 e. The SMILES string of the molecule is CS(=O)(=O)Nc1ccccc1NC(=O)c1cc(Br)ccc1Cl. The van der Waals surface area contributed by atoms with Crippen molar-refractivity contribution in [2.24, 2.45) is 0 Å². The maximum atomic E-state index is 12.3. The van der Waals surface area contributed by atoms with Crippen molar-refractivity contribution in [3.05, 3.63) is 57.5 Å². The van der Waals surface area contributed by atoms with Crippen LogP contribution in [0.3, 0.4) is 0 Å². The molecule has 0 aromatic heterocycles. The third kappa shape index (κ3) is 4.46. The van der Waals surface area contributed by atoms with Gasteiger partial charge in [-0.15, -0.1) is 0 Å². The van der Waals surface area contributed by atoms with Crippen molar-refractivity contribution in [1.82, 2.24) is 0 Å². The average Bonchev–Trinajstić information content (AvgIpc) is 2.42. The van der Waals surface area contributed by atoms with Crippen LogP contribution in [0.2, 0.25) is 5.02 Å². The number of anilines is 2. The van der Waals surface area contributed by atoms with Crippen LogP contribution in [0.15, 0.2) is 46.9 Å². The second kappa shape index (κ2) is 6.68. The van der Waals surface area contributed by atoms with Crippen LogP contribution in [0.5, 0.6) is 0 Å². The van der Waals surface area contributed by atoms with Crippen LogP contribution < -0.4 is 10.0 Å². The summed E-state index contributed by atoms with van der Waals surface area (Å²) in [4.78, 5) is 12.3. The molecule has 1 amide bonds. The van der Waals surface area contributed by atoms with E-state index < -0.39 is 15.9 Å². The van der Waals surface area contributed by atoms with Crippen molar-refractivity contribution < 1.29 is 13.2 Å². The minimum Gasteiger partial charge on any atom is -0.320 e. The molecule has 0 aliphatic rings. The molecule has 2 aromatic carbocycles. The summed E-state index contributed by atoms with van der Waals surface area (Å²) in [6.45, 7) is 0. The molecule has 0 unspecified atom stereocenters. The highest BCUT2D eigenvalue weighted by atomic mass is 79.9. The van der Waals surface area contributed by atoms with E-state index >= 15 is 0 Å². The van der Waals surface area contributed by atoms with Gasteiger partial charge in [0.25, 0.3) is 5.91 Å². The second-order valence-corrected chi connectivity index (χ2v) is 7.57. The first-order valence-corrected chi connectivity index (χ1v) is 9.16. The van der Waals surface area contributed by atoms with Gasteiger partial charge in [0.1, 0.15) is 0 Å². The fourth-order valence-electron chi connectivity index (χ4n) is 1.74. The van der Waals surface area contributed by atoms with E-state index in [4.69, 9.17) is 11.6 Å². The molecule has 5 nitrogen and oxygen atoms in total. The predicted octanol–water partition coefficient (Wildman–Crippen LogP) is 3.73. The molecule has 0 bridgehead atoms. The molecule has 2 aromatic rings. The Morgan fingerprint density at radius 3 is 2.41 bits per heavy atom. The van der Waals surface area contributed by atoms with Crippen molar-refractivity contribution in [3.63, 3.8) is 0 Å².